The molecular weight excluding hydrogens is 391 g/mol. The number of halogens is 2. The molecule has 4 N–H and O–H groups in total. The Morgan fingerprint density at radius 1 is 1.00 bits per heavy atom. The normalized spacial score (nSPS) is 18.7. The Morgan fingerprint density at radius 2 is 1.52 bits per heavy atom. The molecule has 1 saturated heterocycles. The number of hydrogen-bond donors (Lipinski definition) is 3. The van der Waals surface area contributed by atoms with E-state index in [1.807, 2.05) is 0 Å². The third-order valence-electron chi connectivity index (χ3n) is 4.85. The molecule has 27 heavy (non-hydrogen) atoms. The Kier molecular flexibility index (Phi) is 9.49. The lowest BCUT2D eigenvalue weighted by Crippen LogP contribution is -2.48. The summed E-state index contributed by atoms with van der Waals surface area (Å²) in [5, 5.41) is 5.75. The van der Waals surface area contributed by atoms with Gasteiger partial charge in [0.05, 0.1) is 25.3 Å². The van der Waals surface area contributed by atoms with Crippen molar-refractivity contribution in [2.24, 2.45) is 5.73 Å². The van der Waals surface area contributed by atoms with Crippen molar-refractivity contribution in [2.75, 3.05) is 43.5 Å². The van der Waals surface area contributed by atoms with E-state index in [0.717, 1.165) is 38.8 Å². The van der Waals surface area contributed by atoms with E-state index in [9.17, 15) is 9.59 Å². The molecule has 7 nitrogen and oxygen atoms in total. The van der Waals surface area contributed by atoms with Gasteiger partial charge in [-0.1, -0.05) is 12.8 Å². The fourth-order valence-corrected chi connectivity index (χ4v) is 3.29. The van der Waals surface area contributed by atoms with E-state index < -0.39 is 5.54 Å². The highest BCUT2D eigenvalue weighted by Crippen LogP contribution is 2.28. The SMILES string of the molecule is Cl.Cl.NC1(C(=O)Nc2ccc(NC(=O)CN3CCOCC3)cc2)CCCC1. The topological polar surface area (TPSA) is 96.7 Å². The van der Waals surface area contributed by atoms with Gasteiger partial charge < -0.3 is 21.1 Å². The lowest BCUT2D eigenvalue weighted by atomic mass is 9.98. The third-order valence-corrected chi connectivity index (χ3v) is 4.85. The maximum Gasteiger partial charge on any atom is 0.244 e. The minimum Gasteiger partial charge on any atom is -0.379 e. The van der Waals surface area contributed by atoms with E-state index in [2.05, 4.69) is 15.5 Å². The number of nitrogens with one attached hydrogen (secondary N) is 2. The number of morpholine rings is 1. The van der Waals surface area contributed by atoms with Crippen LogP contribution in [0, 0.1) is 0 Å². The van der Waals surface area contributed by atoms with Gasteiger partial charge in [0.2, 0.25) is 11.8 Å². The van der Waals surface area contributed by atoms with Crippen molar-refractivity contribution in [3.63, 3.8) is 0 Å². The Hall–Kier alpha value is -1.38. The fraction of sp³-hybridized carbons (Fsp3) is 0.556. The molecule has 0 radical (unpaired) electrons. The predicted molar refractivity (Wildman–Crippen MR) is 111 cm³/mol. The van der Waals surface area contributed by atoms with Gasteiger partial charge in [-0.05, 0) is 37.1 Å². The third kappa shape index (κ3) is 6.62. The van der Waals surface area contributed by atoms with Crippen LogP contribution in [0.15, 0.2) is 24.3 Å². The monoisotopic (exact) mass is 418 g/mol. The summed E-state index contributed by atoms with van der Waals surface area (Å²) in [6, 6.07) is 7.12. The summed E-state index contributed by atoms with van der Waals surface area (Å²) >= 11 is 0. The maximum absolute atomic E-state index is 12.3. The zero-order chi connectivity index (χ0) is 17.7. The zero-order valence-corrected chi connectivity index (χ0v) is 16.9. The second-order valence-electron chi connectivity index (χ2n) is 6.83. The van der Waals surface area contributed by atoms with Crippen molar-refractivity contribution >= 4 is 48.0 Å². The first-order chi connectivity index (χ1) is 12.0. The second kappa shape index (κ2) is 10.8. The standard InChI is InChI=1S/C18H26N4O3.2ClH/c19-18(7-1-2-8-18)17(24)21-15-5-3-14(4-6-15)20-16(23)13-22-9-11-25-12-10-22;;/h3-6H,1-2,7-13,19H2,(H,20,23)(H,21,24);2*1H. The lowest BCUT2D eigenvalue weighted by Gasteiger charge is -2.25. The first-order valence-corrected chi connectivity index (χ1v) is 8.85. The van der Waals surface area contributed by atoms with E-state index in [-0.39, 0.29) is 36.6 Å². The van der Waals surface area contributed by atoms with E-state index >= 15 is 0 Å². The summed E-state index contributed by atoms with van der Waals surface area (Å²) in [6.07, 6.45) is 3.46. The van der Waals surface area contributed by atoms with Crippen LogP contribution >= 0.6 is 24.8 Å². The summed E-state index contributed by atoms with van der Waals surface area (Å²) in [7, 11) is 0. The molecule has 1 aromatic rings. The molecule has 0 unspecified atom stereocenters. The molecule has 1 aliphatic carbocycles. The number of benzene rings is 1. The fourth-order valence-electron chi connectivity index (χ4n) is 3.29. The van der Waals surface area contributed by atoms with Gasteiger partial charge in [-0.3, -0.25) is 14.5 Å². The number of carbonyl (C=O) groups excluding carboxylic acids is 2. The molecule has 2 amide bonds. The molecule has 0 atom stereocenters. The van der Waals surface area contributed by atoms with Crippen LogP contribution in [0.4, 0.5) is 11.4 Å². The summed E-state index contributed by atoms with van der Waals surface area (Å²) in [5.41, 5.74) is 6.80. The number of ether oxygens (including phenoxy) is 1. The van der Waals surface area contributed by atoms with Crippen LogP contribution in [-0.4, -0.2) is 55.1 Å². The van der Waals surface area contributed by atoms with Crippen molar-refractivity contribution in [3.8, 4) is 0 Å². The largest absolute Gasteiger partial charge is 0.379 e. The van der Waals surface area contributed by atoms with Crippen molar-refractivity contribution in [3.05, 3.63) is 24.3 Å². The molecule has 2 aliphatic rings. The number of nitrogens with two attached hydrogens (primary N) is 1. The molecule has 1 saturated carbocycles. The minimum atomic E-state index is -0.745. The van der Waals surface area contributed by atoms with Gasteiger partial charge in [0.25, 0.3) is 0 Å². The van der Waals surface area contributed by atoms with E-state index in [0.29, 0.717) is 31.1 Å². The number of carbonyl (C=O) groups is 2. The molecule has 0 bridgehead atoms. The summed E-state index contributed by atoms with van der Waals surface area (Å²) in [4.78, 5) is 26.4. The highest BCUT2D eigenvalue weighted by molar-refractivity contribution is 5.98. The van der Waals surface area contributed by atoms with Gasteiger partial charge in [-0.25, -0.2) is 0 Å². The number of anilines is 2. The molecule has 1 aliphatic heterocycles. The van der Waals surface area contributed by atoms with E-state index in [1.165, 1.54) is 0 Å². The maximum atomic E-state index is 12.3. The van der Waals surface area contributed by atoms with Gasteiger partial charge in [0.15, 0.2) is 0 Å². The molecular formula is C18H28Cl2N4O3. The Morgan fingerprint density at radius 3 is 2.07 bits per heavy atom. The van der Waals surface area contributed by atoms with E-state index in [1.54, 1.807) is 24.3 Å². The summed E-state index contributed by atoms with van der Waals surface area (Å²) < 4.78 is 5.27. The molecule has 2 fully saturated rings. The van der Waals surface area contributed by atoms with Crippen LogP contribution in [0.2, 0.25) is 0 Å². The van der Waals surface area contributed by atoms with Gasteiger partial charge in [-0.15, -0.1) is 24.8 Å². The summed E-state index contributed by atoms with van der Waals surface area (Å²) in [5.74, 6) is -0.181. The van der Waals surface area contributed by atoms with Crippen LogP contribution in [0.3, 0.4) is 0 Å². The lowest BCUT2D eigenvalue weighted by molar-refractivity contribution is -0.121. The number of hydrogen-bond acceptors (Lipinski definition) is 5. The van der Waals surface area contributed by atoms with Crippen molar-refractivity contribution in [1.82, 2.24) is 4.90 Å². The Balaban J connectivity index is 0.00000182. The van der Waals surface area contributed by atoms with Crippen LogP contribution < -0.4 is 16.4 Å². The molecule has 9 heteroatoms. The predicted octanol–water partition coefficient (Wildman–Crippen LogP) is 2.01. The average Bonchev–Trinajstić information content (AvgIpc) is 3.05. The molecule has 1 heterocycles. The minimum absolute atomic E-state index is 0. The van der Waals surface area contributed by atoms with Crippen molar-refractivity contribution in [1.29, 1.82) is 0 Å². The van der Waals surface area contributed by atoms with Crippen LogP contribution in [-0.2, 0) is 14.3 Å². The highest BCUT2D eigenvalue weighted by atomic mass is 35.5. The first kappa shape index (κ1) is 23.7. The van der Waals surface area contributed by atoms with Gasteiger partial charge >= 0.3 is 0 Å². The number of rotatable bonds is 5. The Labute approximate surface area is 172 Å². The van der Waals surface area contributed by atoms with Gasteiger partial charge in [-0.2, -0.15) is 0 Å². The quantitative estimate of drug-likeness (QED) is 0.679. The molecule has 1 aromatic carbocycles. The van der Waals surface area contributed by atoms with Crippen molar-refractivity contribution < 1.29 is 14.3 Å². The second-order valence-corrected chi connectivity index (χ2v) is 6.83. The molecule has 0 spiro atoms. The average molecular weight is 419 g/mol. The van der Waals surface area contributed by atoms with Crippen molar-refractivity contribution in [2.45, 2.75) is 31.2 Å². The molecule has 0 aromatic heterocycles. The van der Waals surface area contributed by atoms with Gasteiger partial charge in [0.1, 0.15) is 0 Å². The van der Waals surface area contributed by atoms with Crippen LogP contribution in [0.25, 0.3) is 0 Å². The van der Waals surface area contributed by atoms with Crippen LogP contribution in [0.5, 0.6) is 0 Å². The van der Waals surface area contributed by atoms with Crippen LogP contribution in [0.1, 0.15) is 25.7 Å². The first-order valence-electron chi connectivity index (χ1n) is 8.85. The highest BCUT2D eigenvalue weighted by Gasteiger charge is 2.36. The summed E-state index contributed by atoms with van der Waals surface area (Å²) in [6.45, 7) is 3.25. The smallest absolute Gasteiger partial charge is 0.244 e. The van der Waals surface area contributed by atoms with E-state index in [4.69, 9.17) is 10.5 Å². The number of amides is 2. The molecule has 3 rings (SSSR count). The number of nitrogens with zero attached hydrogens (tertiary/aromatic N) is 1. The zero-order valence-electron chi connectivity index (χ0n) is 15.2. The Bertz CT molecular complexity index is 616. The van der Waals surface area contributed by atoms with Gasteiger partial charge in [0, 0.05) is 24.5 Å². The molecule has 152 valence electrons.